The summed E-state index contributed by atoms with van der Waals surface area (Å²) in [5.41, 5.74) is 1.66. The maximum atomic E-state index is 13.5. The summed E-state index contributed by atoms with van der Waals surface area (Å²) in [5, 5.41) is 6.64. The monoisotopic (exact) mass is 483 g/mol. The van der Waals surface area contributed by atoms with Crippen molar-refractivity contribution in [3.63, 3.8) is 0 Å². The lowest BCUT2D eigenvalue weighted by Crippen LogP contribution is -2.13. The van der Waals surface area contributed by atoms with Crippen LogP contribution in [-0.4, -0.2) is 59.7 Å². The molecule has 2 N–H and O–H groups in total. The number of halogens is 2. The molecule has 3 unspecified atom stereocenters. The van der Waals surface area contributed by atoms with Gasteiger partial charge in [0.05, 0.1) is 29.9 Å². The van der Waals surface area contributed by atoms with Crippen LogP contribution in [-0.2, 0) is 9.53 Å². The van der Waals surface area contributed by atoms with Crippen molar-refractivity contribution in [1.29, 1.82) is 0 Å². The number of hydrogen-bond donors (Lipinski definition) is 2. The number of benzene rings is 2. The average molecular weight is 484 g/mol. The van der Waals surface area contributed by atoms with Gasteiger partial charge in [0, 0.05) is 48.5 Å². The fraction of sp³-hybridized carbons (Fsp3) is 0.292. The van der Waals surface area contributed by atoms with E-state index >= 15 is 0 Å². The van der Waals surface area contributed by atoms with Crippen molar-refractivity contribution in [2.45, 2.75) is 18.5 Å². The van der Waals surface area contributed by atoms with Crippen molar-refractivity contribution in [1.82, 2.24) is 14.9 Å². The Hall–Kier alpha value is -3.27. The van der Waals surface area contributed by atoms with E-state index in [0.29, 0.717) is 52.5 Å². The molecule has 2 aromatic carbocycles. The van der Waals surface area contributed by atoms with Crippen molar-refractivity contribution >= 4 is 45.6 Å². The molecule has 0 aliphatic carbocycles. The van der Waals surface area contributed by atoms with E-state index in [9.17, 15) is 9.18 Å². The molecular weight excluding hydrogens is 461 g/mol. The molecule has 0 radical (unpaired) electrons. The Balaban J connectivity index is 1.33. The Bertz CT molecular complexity index is 1260. The third-order valence-corrected chi connectivity index (χ3v) is 6.32. The molecule has 5 rings (SSSR count). The Labute approximate surface area is 200 Å². The molecule has 176 valence electrons. The van der Waals surface area contributed by atoms with E-state index in [4.69, 9.17) is 21.1 Å². The molecule has 0 saturated carbocycles. The lowest BCUT2D eigenvalue weighted by atomic mass is 10.1. The van der Waals surface area contributed by atoms with E-state index in [1.54, 1.807) is 18.2 Å². The summed E-state index contributed by atoms with van der Waals surface area (Å²) in [6.45, 7) is 2.28. The number of hydrogen-bond acceptors (Lipinski definition) is 7. The van der Waals surface area contributed by atoms with Crippen molar-refractivity contribution in [3.05, 3.63) is 59.7 Å². The topological polar surface area (TPSA) is 88.4 Å². The van der Waals surface area contributed by atoms with Crippen LogP contribution in [0.3, 0.4) is 0 Å². The number of amides is 1. The molecule has 0 bridgehead atoms. The third kappa shape index (κ3) is 4.68. The zero-order chi connectivity index (χ0) is 23.7. The quantitative estimate of drug-likeness (QED) is 0.385. The second-order valence-corrected chi connectivity index (χ2v) is 8.54. The number of methoxy groups -OCH3 is 1. The summed E-state index contributed by atoms with van der Waals surface area (Å²) in [5.74, 6) is 0.175. The minimum absolute atomic E-state index is 0.000859. The molecule has 2 aliphatic rings. The smallest absolute Gasteiger partial charge is 0.248 e. The van der Waals surface area contributed by atoms with Crippen molar-refractivity contribution in [2.75, 3.05) is 37.5 Å². The van der Waals surface area contributed by atoms with Gasteiger partial charge >= 0.3 is 0 Å². The summed E-state index contributed by atoms with van der Waals surface area (Å²) in [6.07, 6.45) is 5.83. The summed E-state index contributed by atoms with van der Waals surface area (Å²) < 4.78 is 24.4. The molecule has 8 nitrogen and oxygen atoms in total. The van der Waals surface area contributed by atoms with Crippen LogP contribution in [0.1, 0.15) is 6.42 Å². The number of aromatic nitrogens is 2. The zero-order valence-electron chi connectivity index (χ0n) is 18.4. The fourth-order valence-corrected chi connectivity index (χ4v) is 4.43. The van der Waals surface area contributed by atoms with Gasteiger partial charge in [0.1, 0.15) is 23.7 Å². The van der Waals surface area contributed by atoms with Gasteiger partial charge in [0.25, 0.3) is 0 Å². The van der Waals surface area contributed by atoms with Gasteiger partial charge < -0.3 is 20.1 Å². The molecular formula is C24H23ClFN5O3. The molecule has 3 atom stereocenters. The van der Waals surface area contributed by atoms with Crippen LogP contribution in [0.2, 0.25) is 5.02 Å². The Morgan fingerprint density at radius 2 is 2.21 bits per heavy atom. The van der Waals surface area contributed by atoms with E-state index in [2.05, 4.69) is 25.5 Å². The summed E-state index contributed by atoms with van der Waals surface area (Å²) >= 11 is 5.89. The van der Waals surface area contributed by atoms with Crippen LogP contribution in [0.25, 0.3) is 10.9 Å². The van der Waals surface area contributed by atoms with Gasteiger partial charge in [-0.1, -0.05) is 17.7 Å². The van der Waals surface area contributed by atoms with E-state index in [0.717, 1.165) is 19.6 Å². The van der Waals surface area contributed by atoms with Gasteiger partial charge in [0.2, 0.25) is 5.91 Å². The molecule has 3 aromatic rings. The van der Waals surface area contributed by atoms with Crippen molar-refractivity contribution in [3.8, 4) is 5.75 Å². The van der Waals surface area contributed by atoms with Crippen LogP contribution < -0.4 is 15.4 Å². The minimum atomic E-state index is -0.506. The lowest BCUT2D eigenvalue weighted by Gasteiger charge is -2.13. The molecule has 1 amide bonds. The predicted octanol–water partition coefficient (Wildman–Crippen LogP) is 4.14. The normalized spacial score (nSPS) is 21.3. The third-order valence-electron chi connectivity index (χ3n) is 6.04. The largest absolute Gasteiger partial charge is 0.494 e. The van der Waals surface area contributed by atoms with Gasteiger partial charge in [-0.3, -0.25) is 9.69 Å². The SMILES string of the molecule is COc1cc2ncnc(Nc3ccc(F)c(Cl)c3)c2cc1NC(=O)/C=C/CN1C2CCOCC21. The van der Waals surface area contributed by atoms with Gasteiger partial charge in [0.15, 0.2) is 0 Å². The first kappa shape index (κ1) is 22.5. The van der Waals surface area contributed by atoms with Crippen LogP contribution in [0.15, 0.2) is 48.8 Å². The number of anilines is 3. The van der Waals surface area contributed by atoms with Gasteiger partial charge in [-0.2, -0.15) is 0 Å². The van der Waals surface area contributed by atoms with Crippen LogP contribution in [0.4, 0.5) is 21.6 Å². The molecule has 0 spiro atoms. The Morgan fingerprint density at radius 1 is 1.32 bits per heavy atom. The van der Waals surface area contributed by atoms with Crippen LogP contribution in [0.5, 0.6) is 5.75 Å². The standard InChI is InChI=1S/C24H23ClFN5O3/c1-33-22-11-18-15(24(28-13-27-18)29-14-4-5-17(26)16(25)9-14)10-19(22)30-23(32)3-2-7-31-20-6-8-34-12-21(20)31/h2-5,9-11,13,20-21H,6-8,12H2,1H3,(H,30,32)(H,27,28,29)/b3-2+. The number of carbonyl (C=O) groups excluding carboxylic acids is 1. The number of nitrogens with zero attached hydrogens (tertiary/aromatic N) is 3. The Kier molecular flexibility index (Phi) is 6.32. The second kappa shape index (κ2) is 9.54. The van der Waals surface area contributed by atoms with Crippen molar-refractivity contribution in [2.24, 2.45) is 0 Å². The Morgan fingerprint density at radius 3 is 2.97 bits per heavy atom. The maximum Gasteiger partial charge on any atom is 0.248 e. The first-order chi connectivity index (χ1) is 16.5. The number of rotatable bonds is 7. The van der Waals surface area contributed by atoms with E-state index in [-0.39, 0.29) is 10.9 Å². The van der Waals surface area contributed by atoms with Gasteiger partial charge in [-0.15, -0.1) is 0 Å². The highest BCUT2D eigenvalue weighted by Gasteiger charge is 2.48. The number of ether oxygens (including phenoxy) is 2. The molecule has 10 heteroatoms. The highest BCUT2D eigenvalue weighted by atomic mass is 35.5. The minimum Gasteiger partial charge on any atom is -0.494 e. The van der Waals surface area contributed by atoms with Crippen molar-refractivity contribution < 1.29 is 18.7 Å². The first-order valence-electron chi connectivity index (χ1n) is 10.9. The molecule has 2 fully saturated rings. The van der Waals surface area contributed by atoms with Crippen LogP contribution >= 0.6 is 11.6 Å². The molecule has 1 aromatic heterocycles. The second-order valence-electron chi connectivity index (χ2n) is 8.13. The highest BCUT2D eigenvalue weighted by molar-refractivity contribution is 6.31. The summed E-state index contributed by atoms with van der Waals surface area (Å²) in [4.78, 5) is 23.5. The predicted molar refractivity (Wildman–Crippen MR) is 128 cm³/mol. The fourth-order valence-electron chi connectivity index (χ4n) is 4.25. The van der Waals surface area contributed by atoms with E-state index < -0.39 is 5.82 Å². The van der Waals surface area contributed by atoms with Gasteiger partial charge in [-0.05, 0) is 30.7 Å². The van der Waals surface area contributed by atoms with E-state index in [1.165, 1.54) is 31.6 Å². The molecule has 34 heavy (non-hydrogen) atoms. The van der Waals surface area contributed by atoms with Crippen LogP contribution in [0, 0.1) is 5.82 Å². The number of carbonyl (C=O) groups is 1. The number of fused-ring (bicyclic) bond motifs is 2. The molecule has 3 heterocycles. The summed E-state index contributed by atoms with van der Waals surface area (Å²) in [6, 6.07) is 8.82. The first-order valence-corrected chi connectivity index (χ1v) is 11.3. The highest BCUT2D eigenvalue weighted by Crippen LogP contribution is 2.35. The van der Waals surface area contributed by atoms with Gasteiger partial charge in [-0.25, -0.2) is 14.4 Å². The maximum absolute atomic E-state index is 13.5. The summed E-state index contributed by atoms with van der Waals surface area (Å²) in [7, 11) is 1.53. The average Bonchev–Trinajstić information content (AvgIpc) is 3.54. The number of nitrogens with one attached hydrogen (secondary N) is 2. The zero-order valence-corrected chi connectivity index (χ0v) is 19.2. The molecule has 2 saturated heterocycles. The molecule has 2 aliphatic heterocycles. The lowest BCUT2D eigenvalue weighted by molar-refractivity contribution is -0.111. The van der Waals surface area contributed by atoms with E-state index in [1.807, 2.05) is 6.08 Å².